The summed E-state index contributed by atoms with van der Waals surface area (Å²) in [6, 6.07) is 6.17. The van der Waals surface area contributed by atoms with Gasteiger partial charge in [-0.25, -0.2) is 0 Å². The predicted molar refractivity (Wildman–Crippen MR) is 44.4 cm³/mol. The van der Waals surface area contributed by atoms with Crippen LogP contribution in [-0.2, 0) is 6.18 Å². The number of halogens is 3. The van der Waals surface area contributed by atoms with Gasteiger partial charge in [0.2, 0.25) is 0 Å². The Kier molecular flexibility index (Phi) is 5.92. The largest absolute Gasteiger partial charge is 1.00 e. The van der Waals surface area contributed by atoms with E-state index < -0.39 is 11.7 Å². The molecule has 0 spiro atoms. The van der Waals surface area contributed by atoms with Crippen molar-refractivity contribution in [2.24, 2.45) is 0 Å². The van der Waals surface area contributed by atoms with Crippen LogP contribution >= 0.6 is 0 Å². The molecule has 0 N–H and O–H groups in total. The monoisotopic (exact) mass is 226 g/mol. The van der Waals surface area contributed by atoms with Crippen LogP contribution < -0.4 is 51.4 Å². The van der Waals surface area contributed by atoms with Crippen molar-refractivity contribution in [3.63, 3.8) is 0 Å². The van der Waals surface area contributed by atoms with Gasteiger partial charge in [-0.3, -0.25) is 0 Å². The van der Waals surface area contributed by atoms with E-state index in [1.807, 2.05) is 13.8 Å². The summed E-state index contributed by atoms with van der Waals surface area (Å²) in [6.07, 6.45) is -4.26. The van der Waals surface area contributed by atoms with Crippen molar-refractivity contribution < 1.29 is 64.6 Å². The first-order valence-corrected chi connectivity index (χ1v) is 4.00. The smallest absolute Gasteiger partial charge is 0.180 e. The minimum atomic E-state index is -4.26. The number of benzene rings is 1. The van der Waals surface area contributed by atoms with Crippen molar-refractivity contribution in [1.82, 2.24) is 0 Å². The minimum Gasteiger partial charge on any atom is -0.180 e. The van der Waals surface area contributed by atoms with Crippen molar-refractivity contribution in [2.45, 2.75) is 25.9 Å². The second kappa shape index (κ2) is 5.65. The van der Waals surface area contributed by atoms with Gasteiger partial charge in [0.25, 0.3) is 0 Å². The van der Waals surface area contributed by atoms with Crippen LogP contribution in [0.25, 0.3) is 0 Å². The fourth-order valence-corrected chi connectivity index (χ4v) is 0.972. The van der Waals surface area contributed by atoms with Gasteiger partial charge in [-0.2, -0.15) is 43.0 Å². The average Bonchev–Trinajstić information content (AvgIpc) is 2.03. The zero-order chi connectivity index (χ0) is 10.1. The van der Waals surface area contributed by atoms with Gasteiger partial charge in [-0.1, -0.05) is 19.4 Å². The molecule has 0 saturated heterocycles. The van der Waals surface area contributed by atoms with Crippen molar-refractivity contribution in [1.29, 1.82) is 0 Å². The fourth-order valence-electron chi connectivity index (χ4n) is 0.972. The second-order valence-corrected chi connectivity index (χ2v) is 3.19. The molecule has 0 bridgehead atoms. The topological polar surface area (TPSA) is 0 Å². The molecule has 0 atom stereocenters. The minimum absolute atomic E-state index is 0. The Bertz CT molecular complexity index is 274. The summed E-state index contributed by atoms with van der Waals surface area (Å²) in [5.74, 6) is 0.210. The van der Waals surface area contributed by atoms with Crippen molar-refractivity contribution in [3.05, 3.63) is 35.4 Å². The first-order chi connectivity index (χ1) is 5.91. The van der Waals surface area contributed by atoms with Crippen LogP contribution in [0.2, 0.25) is 0 Å². The molecule has 0 aliphatic rings. The third-order valence-electron chi connectivity index (χ3n) is 1.79. The Morgan fingerprint density at radius 1 is 1.21 bits per heavy atom. The SMILES string of the molecule is CC(C)c1[c-]cc(C(F)(F)F)cc1.[K+]. The summed E-state index contributed by atoms with van der Waals surface area (Å²) in [4.78, 5) is 0. The van der Waals surface area contributed by atoms with Crippen molar-refractivity contribution in [3.8, 4) is 0 Å². The van der Waals surface area contributed by atoms with E-state index in [-0.39, 0.29) is 57.3 Å². The number of hydrogen-bond acceptors (Lipinski definition) is 0. The normalized spacial score (nSPS) is 11.3. The summed E-state index contributed by atoms with van der Waals surface area (Å²) in [7, 11) is 0. The summed E-state index contributed by atoms with van der Waals surface area (Å²) in [5.41, 5.74) is 0.157. The molecular weight excluding hydrogens is 216 g/mol. The molecule has 14 heavy (non-hydrogen) atoms. The Balaban J connectivity index is 0.00000169. The molecule has 0 unspecified atom stereocenters. The average molecular weight is 226 g/mol. The van der Waals surface area contributed by atoms with Crippen LogP contribution in [0.15, 0.2) is 18.2 Å². The molecule has 0 aromatic heterocycles. The van der Waals surface area contributed by atoms with Gasteiger partial charge in [0.1, 0.15) is 0 Å². The molecule has 1 rings (SSSR count). The van der Waals surface area contributed by atoms with E-state index in [0.717, 1.165) is 17.7 Å². The Hall–Kier alpha value is 0.646. The van der Waals surface area contributed by atoms with Crippen LogP contribution in [0.4, 0.5) is 13.2 Å². The quantitative estimate of drug-likeness (QED) is 0.487. The number of rotatable bonds is 1. The first-order valence-electron chi connectivity index (χ1n) is 4.00. The molecule has 0 fully saturated rings. The van der Waals surface area contributed by atoms with Crippen LogP contribution in [0.5, 0.6) is 0 Å². The van der Waals surface area contributed by atoms with E-state index in [1.54, 1.807) is 0 Å². The van der Waals surface area contributed by atoms with Crippen LogP contribution in [0.3, 0.4) is 0 Å². The van der Waals surface area contributed by atoms with E-state index in [1.165, 1.54) is 6.07 Å². The molecule has 0 heterocycles. The Labute approximate surface area is 124 Å². The Morgan fingerprint density at radius 3 is 2.07 bits per heavy atom. The maximum atomic E-state index is 12.1. The van der Waals surface area contributed by atoms with E-state index >= 15 is 0 Å². The molecule has 4 heteroatoms. The molecule has 0 aliphatic carbocycles. The molecular formula is C10H10F3K. The number of hydrogen-bond donors (Lipinski definition) is 0. The van der Waals surface area contributed by atoms with Crippen LogP contribution in [-0.4, -0.2) is 0 Å². The van der Waals surface area contributed by atoms with Gasteiger partial charge < -0.3 is 0 Å². The predicted octanol–water partition coefficient (Wildman–Crippen LogP) is 0.633. The zero-order valence-corrected chi connectivity index (χ0v) is 11.6. The van der Waals surface area contributed by atoms with Crippen LogP contribution in [0.1, 0.15) is 30.9 Å². The van der Waals surface area contributed by atoms with Gasteiger partial charge in [0.05, 0.1) is 0 Å². The summed E-state index contributed by atoms with van der Waals surface area (Å²) < 4.78 is 36.3. The van der Waals surface area contributed by atoms with E-state index in [9.17, 15) is 13.2 Å². The zero-order valence-electron chi connectivity index (χ0n) is 8.44. The molecule has 0 nitrogen and oxygen atoms in total. The molecule has 1 aromatic rings. The summed E-state index contributed by atoms with van der Waals surface area (Å²) >= 11 is 0. The molecule has 72 valence electrons. The summed E-state index contributed by atoms with van der Waals surface area (Å²) in [5, 5.41) is 0. The van der Waals surface area contributed by atoms with E-state index in [0.29, 0.717) is 0 Å². The molecule has 0 saturated carbocycles. The molecule has 1 aromatic carbocycles. The maximum absolute atomic E-state index is 12.1. The van der Waals surface area contributed by atoms with Gasteiger partial charge in [0, 0.05) is 0 Å². The fraction of sp³-hybridized carbons (Fsp3) is 0.400. The van der Waals surface area contributed by atoms with Crippen molar-refractivity contribution in [2.75, 3.05) is 0 Å². The van der Waals surface area contributed by atoms with E-state index in [2.05, 4.69) is 6.07 Å². The molecule has 0 amide bonds. The molecule has 0 radical (unpaired) electrons. The molecule has 0 aliphatic heterocycles. The number of alkyl halides is 3. The van der Waals surface area contributed by atoms with Crippen LogP contribution in [0, 0.1) is 6.07 Å². The third-order valence-corrected chi connectivity index (χ3v) is 1.79. The first kappa shape index (κ1) is 14.6. The standard InChI is InChI=1S/C10H10F3.K/c1-7(2)8-3-5-9(6-4-8)10(11,12)13;/h3,5-7H,1-2H3;/q-1;+1. The Morgan fingerprint density at radius 2 is 1.79 bits per heavy atom. The van der Waals surface area contributed by atoms with Gasteiger partial charge in [-0.15, -0.1) is 0 Å². The van der Waals surface area contributed by atoms with E-state index in [4.69, 9.17) is 0 Å². The van der Waals surface area contributed by atoms with Crippen molar-refractivity contribution >= 4 is 0 Å². The summed E-state index contributed by atoms with van der Waals surface area (Å²) in [6.45, 7) is 3.83. The third kappa shape index (κ3) is 4.02. The second-order valence-electron chi connectivity index (χ2n) is 3.19. The maximum Gasteiger partial charge on any atom is 1.00 e. The van der Waals surface area contributed by atoms with Gasteiger partial charge in [0.15, 0.2) is 0 Å². The van der Waals surface area contributed by atoms with Gasteiger partial charge in [-0.05, 0) is 5.92 Å². The van der Waals surface area contributed by atoms with Gasteiger partial charge >= 0.3 is 57.6 Å².